The van der Waals surface area contributed by atoms with Crippen molar-refractivity contribution in [2.45, 2.75) is 19.4 Å². The molecule has 0 atom stereocenters. The van der Waals surface area contributed by atoms with Crippen molar-refractivity contribution in [2.24, 2.45) is 0 Å². The molecule has 82 valence electrons. The molecule has 2 heterocycles. The van der Waals surface area contributed by atoms with E-state index < -0.39 is 0 Å². The first kappa shape index (κ1) is 9.17. The Kier molecular flexibility index (Phi) is 1.78. The number of rotatable bonds is 0. The van der Waals surface area contributed by atoms with Gasteiger partial charge in [0.05, 0.1) is 0 Å². The van der Waals surface area contributed by atoms with E-state index >= 15 is 0 Å². The van der Waals surface area contributed by atoms with Gasteiger partial charge in [0.25, 0.3) is 0 Å². The normalized spacial score (nSPS) is 16.5. The quantitative estimate of drug-likeness (QED) is 0.601. The van der Waals surface area contributed by atoms with Crippen molar-refractivity contribution in [2.75, 3.05) is 0 Å². The Morgan fingerprint density at radius 2 is 1.76 bits per heavy atom. The van der Waals surface area contributed by atoms with Crippen LogP contribution in [0.5, 0.6) is 0 Å². The van der Waals surface area contributed by atoms with Crippen molar-refractivity contribution >= 4 is 11.1 Å². The van der Waals surface area contributed by atoms with E-state index in [2.05, 4.69) is 53.2 Å². The van der Waals surface area contributed by atoms with Crippen LogP contribution in [0.15, 0.2) is 48.7 Å². The zero-order chi connectivity index (χ0) is 11.2. The summed E-state index contributed by atoms with van der Waals surface area (Å²) in [5, 5.41) is 0. The molecule has 1 aliphatic heterocycles. The number of hydrogen-bond acceptors (Lipinski definition) is 0. The average Bonchev–Trinajstić information content (AvgIpc) is 2.78. The molecule has 0 fully saturated rings. The monoisotopic (exact) mass is 220 g/mol. The van der Waals surface area contributed by atoms with E-state index in [1.165, 1.54) is 28.8 Å². The standard InChI is InChI=1S/C16H14N/c1-2-6-13-12(5-1)11-15-14(13)8-10-17-9-4-3-7-16(15)17/h1-7,9H,8,10-11H2/q+1. The maximum Gasteiger partial charge on any atom is 0.209 e. The number of hydrogen-bond donors (Lipinski definition) is 0. The number of nitrogens with zero attached hydrogens (tertiary/aromatic N) is 1. The molecule has 0 bridgehead atoms. The molecule has 1 heteroatoms. The molecule has 0 amide bonds. The number of aryl methyl sites for hydroxylation is 1. The minimum atomic E-state index is 1.11. The van der Waals surface area contributed by atoms with Gasteiger partial charge in [0.15, 0.2) is 12.7 Å². The van der Waals surface area contributed by atoms with Crippen LogP contribution in [0.4, 0.5) is 0 Å². The Balaban J connectivity index is 1.95. The van der Waals surface area contributed by atoms with Crippen molar-refractivity contribution in [3.63, 3.8) is 0 Å². The summed E-state index contributed by atoms with van der Waals surface area (Å²) in [6.07, 6.45) is 4.48. The number of aromatic nitrogens is 1. The van der Waals surface area contributed by atoms with Crippen LogP contribution in [0.25, 0.3) is 11.1 Å². The average molecular weight is 220 g/mol. The van der Waals surface area contributed by atoms with Crippen molar-refractivity contribution in [3.05, 3.63) is 65.5 Å². The van der Waals surface area contributed by atoms with Gasteiger partial charge in [0.2, 0.25) is 5.69 Å². The minimum absolute atomic E-state index is 1.11. The highest BCUT2D eigenvalue weighted by molar-refractivity contribution is 5.95. The van der Waals surface area contributed by atoms with Crippen LogP contribution in [0.2, 0.25) is 0 Å². The number of fused-ring (bicyclic) bond motifs is 4. The van der Waals surface area contributed by atoms with Crippen LogP contribution in [0.3, 0.4) is 0 Å². The Morgan fingerprint density at radius 3 is 2.76 bits per heavy atom. The summed E-state index contributed by atoms with van der Waals surface area (Å²) in [4.78, 5) is 0. The molecule has 0 N–H and O–H groups in total. The van der Waals surface area contributed by atoms with Crippen molar-refractivity contribution in [1.29, 1.82) is 0 Å². The molecular weight excluding hydrogens is 206 g/mol. The van der Waals surface area contributed by atoms with E-state index in [0.717, 1.165) is 13.0 Å². The smallest absolute Gasteiger partial charge is 0.198 e. The zero-order valence-electron chi connectivity index (χ0n) is 9.69. The van der Waals surface area contributed by atoms with E-state index in [-0.39, 0.29) is 0 Å². The third-order valence-corrected chi connectivity index (χ3v) is 3.93. The minimum Gasteiger partial charge on any atom is -0.198 e. The largest absolute Gasteiger partial charge is 0.209 e. The highest BCUT2D eigenvalue weighted by Crippen LogP contribution is 2.40. The van der Waals surface area contributed by atoms with Gasteiger partial charge in [-0.2, -0.15) is 4.57 Å². The topological polar surface area (TPSA) is 3.88 Å². The van der Waals surface area contributed by atoms with Crippen molar-refractivity contribution < 1.29 is 4.57 Å². The third kappa shape index (κ3) is 1.22. The van der Waals surface area contributed by atoms with Gasteiger partial charge in [0.1, 0.15) is 0 Å². The fraction of sp³-hybridized carbons (Fsp3) is 0.188. The summed E-state index contributed by atoms with van der Waals surface area (Å²) in [7, 11) is 0. The molecule has 1 aliphatic carbocycles. The number of benzene rings is 1. The molecule has 4 rings (SSSR count). The van der Waals surface area contributed by atoms with Gasteiger partial charge >= 0.3 is 0 Å². The molecule has 1 aromatic heterocycles. The Labute approximate surface area is 101 Å². The first-order valence-electron chi connectivity index (χ1n) is 6.22. The summed E-state index contributed by atoms with van der Waals surface area (Å²) < 4.78 is 2.38. The van der Waals surface area contributed by atoms with Gasteiger partial charge in [-0.1, -0.05) is 24.3 Å². The molecule has 2 aliphatic rings. The maximum atomic E-state index is 2.38. The van der Waals surface area contributed by atoms with Gasteiger partial charge in [-0.15, -0.1) is 0 Å². The van der Waals surface area contributed by atoms with Gasteiger partial charge < -0.3 is 0 Å². The van der Waals surface area contributed by atoms with E-state index in [9.17, 15) is 0 Å². The van der Waals surface area contributed by atoms with E-state index in [4.69, 9.17) is 0 Å². The lowest BCUT2D eigenvalue weighted by molar-refractivity contribution is -0.699. The van der Waals surface area contributed by atoms with Crippen molar-refractivity contribution in [1.82, 2.24) is 0 Å². The first-order chi connectivity index (χ1) is 8.43. The molecule has 17 heavy (non-hydrogen) atoms. The lowest BCUT2D eigenvalue weighted by atomic mass is 9.98. The van der Waals surface area contributed by atoms with Crippen LogP contribution >= 0.6 is 0 Å². The summed E-state index contributed by atoms with van der Waals surface area (Å²) in [5.41, 5.74) is 7.50. The van der Waals surface area contributed by atoms with Crippen LogP contribution in [0.1, 0.15) is 23.2 Å². The highest BCUT2D eigenvalue weighted by Gasteiger charge is 2.30. The molecule has 0 saturated heterocycles. The maximum absolute atomic E-state index is 2.38. The van der Waals surface area contributed by atoms with E-state index in [1.807, 2.05) is 0 Å². The third-order valence-electron chi connectivity index (χ3n) is 3.93. The van der Waals surface area contributed by atoms with Crippen LogP contribution in [-0.2, 0) is 13.0 Å². The Bertz CT molecular complexity index is 637. The number of allylic oxidation sites excluding steroid dienone is 2. The van der Waals surface area contributed by atoms with Crippen LogP contribution in [0, 0.1) is 0 Å². The summed E-state index contributed by atoms with van der Waals surface area (Å²) in [6.45, 7) is 1.11. The fourth-order valence-corrected chi connectivity index (χ4v) is 3.14. The van der Waals surface area contributed by atoms with Crippen molar-refractivity contribution in [3.8, 4) is 0 Å². The SMILES string of the molecule is c1ccc2c(c1)CC1=C2CC[n+]2ccccc21. The first-order valence-corrected chi connectivity index (χ1v) is 6.22. The second kappa shape index (κ2) is 3.30. The number of pyridine rings is 1. The molecular formula is C16H14N+. The summed E-state index contributed by atoms with van der Waals surface area (Å²) in [5.74, 6) is 0. The highest BCUT2D eigenvalue weighted by atomic mass is 15.0. The fourth-order valence-electron chi connectivity index (χ4n) is 3.14. The molecule has 0 saturated carbocycles. The molecule has 0 radical (unpaired) electrons. The molecule has 1 nitrogen and oxygen atoms in total. The van der Waals surface area contributed by atoms with E-state index in [1.54, 1.807) is 5.57 Å². The van der Waals surface area contributed by atoms with Gasteiger partial charge in [-0.25, -0.2) is 0 Å². The van der Waals surface area contributed by atoms with Gasteiger partial charge in [-0.3, -0.25) is 0 Å². The lowest BCUT2D eigenvalue weighted by Crippen LogP contribution is -2.39. The molecule has 2 aromatic rings. The Hall–Kier alpha value is -1.89. The summed E-state index contributed by atoms with van der Waals surface area (Å²) >= 11 is 0. The molecule has 1 aromatic carbocycles. The second-order valence-corrected chi connectivity index (χ2v) is 4.82. The van der Waals surface area contributed by atoms with E-state index in [0.29, 0.717) is 0 Å². The predicted molar refractivity (Wildman–Crippen MR) is 68.2 cm³/mol. The summed E-state index contributed by atoms with van der Waals surface area (Å²) in [6, 6.07) is 15.4. The van der Waals surface area contributed by atoms with Gasteiger partial charge in [-0.05, 0) is 22.8 Å². The van der Waals surface area contributed by atoms with Crippen LogP contribution < -0.4 is 4.57 Å². The Morgan fingerprint density at radius 1 is 0.882 bits per heavy atom. The molecule has 0 spiro atoms. The zero-order valence-corrected chi connectivity index (χ0v) is 9.69. The van der Waals surface area contributed by atoms with Gasteiger partial charge in [0, 0.05) is 30.5 Å². The van der Waals surface area contributed by atoms with Crippen LogP contribution in [-0.4, -0.2) is 0 Å². The lowest BCUT2D eigenvalue weighted by Gasteiger charge is -2.13. The molecule has 0 unspecified atom stereocenters. The predicted octanol–water partition coefficient (Wildman–Crippen LogP) is 2.84. The second-order valence-electron chi connectivity index (χ2n) is 4.82.